The molecule has 0 fully saturated rings. The van der Waals surface area contributed by atoms with Gasteiger partial charge in [0.15, 0.2) is 5.96 Å². The van der Waals surface area contributed by atoms with Crippen LogP contribution in [0.4, 0.5) is 5.69 Å². The van der Waals surface area contributed by atoms with E-state index in [0.717, 1.165) is 41.5 Å². The molecule has 156 valence electrons. The molecule has 2 aromatic carbocycles. The highest BCUT2D eigenvalue weighted by atomic mass is 127. The Morgan fingerprint density at radius 1 is 1.17 bits per heavy atom. The SMILES string of the molecule is CN=C(NCCCOc1ccccc1C)NCC1CC(=O)Nc2ccccc21.I. The number of para-hydroxylation sites is 2. The molecule has 7 heteroatoms. The van der Waals surface area contributed by atoms with E-state index in [1.165, 1.54) is 0 Å². The van der Waals surface area contributed by atoms with Gasteiger partial charge in [0.1, 0.15) is 5.75 Å². The lowest BCUT2D eigenvalue weighted by Crippen LogP contribution is -2.41. The fourth-order valence-electron chi connectivity index (χ4n) is 3.30. The summed E-state index contributed by atoms with van der Waals surface area (Å²) in [5.41, 5.74) is 3.21. The van der Waals surface area contributed by atoms with Gasteiger partial charge in [0.05, 0.1) is 6.61 Å². The van der Waals surface area contributed by atoms with Crippen molar-refractivity contribution < 1.29 is 9.53 Å². The summed E-state index contributed by atoms with van der Waals surface area (Å²) in [5.74, 6) is 1.85. The molecule has 0 spiro atoms. The predicted molar refractivity (Wildman–Crippen MR) is 129 cm³/mol. The van der Waals surface area contributed by atoms with E-state index in [2.05, 4.69) is 27.0 Å². The Balaban J connectivity index is 0.00000300. The van der Waals surface area contributed by atoms with Crippen molar-refractivity contribution in [2.45, 2.75) is 25.7 Å². The van der Waals surface area contributed by atoms with E-state index in [1.807, 2.05) is 49.4 Å². The Hall–Kier alpha value is -2.29. The van der Waals surface area contributed by atoms with Gasteiger partial charge >= 0.3 is 0 Å². The number of benzene rings is 2. The minimum atomic E-state index is 0. The number of aliphatic imine (C=N–C) groups is 1. The van der Waals surface area contributed by atoms with Crippen molar-refractivity contribution in [1.82, 2.24) is 10.6 Å². The molecule has 1 atom stereocenters. The van der Waals surface area contributed by atoms with Crippen LogP contribution in [0.15, 0.2) is 53.5 Å². The number of carbonyl (C=O) groups excluding carboxylic acids is 1. The number of anilines is 1. The number of nitrogens with zero attached hydrogens (tertiary/aromatic N) is 1. The maximum absolute atomic E-state index is 11.9. The Labute approximate surface area is 189 Å². The third-order valence-electron chi connectivity index (χ3n) is 4.81. The molecule has 0 radical (unpaired) electrons. The second-order valence-corrected chi connectivity index (χ2v) is 6.88. The van der Waals surface area contributed by atoms with Crippen LogP contribution in [0.3, 0.4) is 0 Å². The Morgan fingerprint density at radius 2 is 1.93 bits per heavy atom. The second-order valence-electron chi connectivity index (χ2n) is 6.88. The summed E-state index contributed by atoms with van der Waals surface area (Å²) in [5, 5.41) is 9.57. The van der Waals surface area contributed by atoms with Crippen molar-refractivity contribution in [3.8, 4) is 5.75 Å². The Morgan fingerprint density at radius 3 is 2.72 bits per heavy atom. The lowest BCUT2D eigenvalue weighted by molar-refractivity contribution is -0.116. The third kappa shape index (κ3) is 6.62. The van der Waals surface area contributed by atoms with Gasteiger partial charge in [-0.2, -0.15) is 0 Å². The number of aryl methyl sites for hydroxylation is 1. The molecule has 1 aliphatic heterocycles. The molecule has 0 saturated heterocycles. The largest absolute Gasteiger partial charge is 0.493 e. The summed E-state index contributed by atoms with van der Waals surface area (Å²) >= 11 is 0. The normalized spacial score (nSPS) is 15.6. The summed E-state index contributed by atoms with van der Waals surface area (Å²) in [6, 6.07) is 16.0. The highest BCUT2D eigenvalue weighted by Crippen LogP contribution is 2.31. The summed E-state index contributed by atoms with van der Waals surface area (Å²) in [7, 11) is 1.75. The van der Waals surface area contributed by atoms with Crippen molar-refractivity contribution >= 4 is 41.5 Å². The van der Waals surface area contributed by atoms with E-state index in [1.54, 1.807) is 7.05 Å². The van der Waals surface area contributed by atoms with Crippen LogP contribution < -0.4 is 20.7 Å². The van der Waals surface area contributed by atoms with Crippen LogP contribution in [0.5, 0.6) is 5.75 Å². The molecular weight excluding hydrogens is 479 g/mol. The quantitative estimate of drug-likeness (QED) is 0.231. The van der Waals surface area contributed by atoms with E-state index in [-0.39, 0.29) is 35.8 Å². The number of amides is 1. The number of rotatable bonds is 7. The standard InChI is InChI=1S/C22H28N4O2.HI/c1-16-8-3-6-11-20(16)28-13-7-12-24-22(23-2)25-15-17-14-21(27)26-19-10-5-4-9-18(17)19;/h3-6,8-11,17H,7,12-15H2,1-2H3,(H,26,27)(H2,23,24,25);1H. The molecule has 0 bridgehead atoms. The fraction of sp³-hybridized carbons (Fsp3) is 0.364. The third-order valence-corrected chi connectivity index (χ3v) is 4.81. The minimum Gasteiger partial charge on any atom is -0.493 e. The molecule has 0 aromatic heterocycles. The zero-order chi connectivity index (χ0) is 19.8. The van der Waals surface area contributed by atoms with Crippen LogP contribution in [-0.4, -0.2) is 38.6 Å². The predicted octanol–water partition coefficient (Wildman–Crippen LogP) is 3.67. The smallest absolute Gasteiger partial charge is 0.225 e. The number of halogens is 1. The van der Waals surface area contributed by atoms with Crippen molar-refractivity contribution in [3.05, 3.63) is 59.7 Å². The summed E-state index contributed by atoms with van der Waals surface area (Å²) < 4.78 is 5.81. The number of hydrogen-bond acceptors (Lipinski definition) is 3. The molecule has 1 amide bonds. The zero-order valence-electron chi connectivity index (χ0n) is 16.9. The van der Waals surface area contributed by atoms with Crippen molar-refractivity contribution in [2.75, 3.05) is 32.1 Å². The van der Waals surface area contributed by atoms with Gasteiger partial charge in [0.2, 0.25) is 5.91 Å². The van der Waals surface area contributed by atoms with Crippen LogP contribution in [0.2, 0.25) is 0 Å². The highest BCUT2D eigenvalue weighted by molar-refractivity contribution is 14.0. The topological polar surface area (TPSA) is 74.8 Å². The second kappa shape index (κ2) is 11.6. The molecule has 0 aliphatic carbocycles. The van der Waals surface area contributed by atoms with Gasteiger partial charge in [0.25, 0.3) is 0 Å². The molecule has 0 saturated carbocycles. The molecule has 1 aliphatic rings. The first kappa shape index (κ1) is 23.0. The van der Waals surface area contributed by atoms with E-state index in [9.17, 15) is 4.79 Å². The van der Waals surface area contributed by atoms with E-state index >= 15 is 0 Å². The highest BCUT2D eigenvalue weighted by Gasteiger charge is 2.24. The monoisotopic (exact) mass is 508 g/mol. The summed E-state index contributed by atoms with van der Waals surface area (Å²) in [4.78, 5) is 16.2. The zero-order valence-corrected chi connectivity index (χ0v) is 19.2. The summed E-state index contributed by atoms with van der Waals surface area (Å²) in [6.45, 7) is 4.10. The van der Waals surface area contributed by atoms with Gasteiger partial charge in [-0.05, 0) is 36.6 Å². The van der Waals surface area contributed by atoms with Gasteiger partial charge in [-0.15, -0.1) is 24.0 Å². The average Bonchev–Trinajstić information content (AvgIpc) is 2.71. The first-order valence-electron chi connectivity index (χ1n) is 9.69. The molecule has 1 heterocycles. The van der Waals surface area contributed by atoms with Crippen LogP contribution in [0.1, 0.15) is 29.9 Å². The molecule has 3 N–H and O–H groups in total. The van der Waals surface area contributed by atoms with Crippen molar-refractivity contribution in [3.63, 3.8) is 0 Å². The number of ether oxygens (including phenoxy) is 1. The molecular formula is C22H29IN4O2. The van der Waals surface area contributed by atoms with Gasteiger partial charge in [0, 0.05) is 38.2 Å². The van der Waals surface area contributed by atoms with Gasteiger partial charge in [-0.25, -0.2) is 0 Å². The first-order chi connectivity index (χ1) is 13.7. The van der Waals surface area contributed by atoms with Crippen LogP contribution in [-0.2, 0) is 4.79 Å². The van der Waals surface area contributed by atoms with E-state index in [4.69, 9.17) is 4.74 Å². The number of guanidine groups is 1. The summed E-state index contributed by atoms with van der Waals surface area (Å²) in [6.07, 6.45) is 1.34. The molecule has 3 rings (SSSR count). The van der Waals surface area contributed by atoms with Gasteiger partial charge in [-0.1, -0.05) is 36.4 Å². The van der Waals surface area contributed by atoms with Crippen molar-refractivity contribution in [2.24, 2.45) is 4.99 Å². The Kier molecular flexibility index (Phi) is 9.24. The Bertz CT molecular complexity index is 841. The van der Waals surface area contributed by atoms with Crippen LogP contribution in [0, 0.1) is 6.92 Å². The number of fused-ring (bicyclic) bond motifs is 1. The van der Waals surface area contributed by atoms with Crippen LogP contribution in [0.25, 0.3) is 0 Å². The van der Waals surface area contributed by atoms with Crippen LogP contribution >= 0.6 is 24.0 Å². The lowest BCUT2D eigenvalue weighted by Gasteiger charge is -2.26. The fourth-order valence-corrected chi connectivity index (χ4v) is 3.30. The van der Waals surface area contributed by atoms with E-state index < -0.39 is 0 Å². The van der Waals surface area contributed by atoms with Gasteiger partial charge < -0.3 is 20.7 Å². The number of hydrogen-bond donors (Lipinski definition) is 3. The number of carbonyl (C=O) groups is 1. The molecule has 29 heavy (non-hydrogen) atoms. The lowest BCUT2D eigenvalue weighted by atomic mass is 9.90. The van der Waals surface area contributed by atoms with Crippen molar-refractivity contribution in [1.29, 1.82) is 0 Å². The van der Waals surface area contributed by atoms with E-state index in [0.29, 0.717) is 19.6 Å². The molecule has 6 nitrogen and oxygen atoms in total. The average molecular weight is 508 g/mol. The molecule has 1 unspecified atom stereocenters. The number of nitrogens with one attached hydrogen (secondary N) is 3. The minimum absolute atomic E-state index is 0. The molecule has 2 aromatic rings. The maximum atomic E-state index is 11.9. The first-order valence-corrected chi connectivity index (χ1v) is 9.69. The maximum Gasteiger partial charge on any atom is 0.225 e. The van der Waals surface area contributed by atoms with Gasteiger partial charge in [-0.3, -0.25) is 9.79 Å².